The Morgan fingerprint density at radius 1 is 1.37 bits per heavy atom. The molecule has 0 fully saturated rings. The second kappa shape index (κ2) is 5.97. The van der Waals surface area contributed by atoms with Crippen LogP contribution in [0.1, 0.15) is 17.2 Å². The van der Waals surface area contributed by atoms with Crippen LogP contribution in [0.15, 0.2) is 36.7 Å². The fraction of sp³-hybridized carbons (Fsp3) is 0.154. The van der Waals surface area contributed by atoms with Gasteiger partial charge in [-0.15, -0.1) is 0 Å². The first-order chi connectivity index (χ1) is 9.11. The summed E-state index contributed by atoms with van der Waals surface area (Å²) < 4.78 is 13.3. The zero-order valence-electron chi connectivity index (χ0n) is 10.1. The molecule has 1 unspecified atom stereocenters. The van der Waals surface area contributed by atoms with Crippen molar-refractivity contribution in [3.05, 3.63) is 58.6 Å². The standard InChI is InChI=1S/C13H14ClFN4/c14-11-7-18-4-3-8(11)5-13(19-17)10-6-9(15)1-2-12(10)16/h1-4,6-7,13,19H,5,16-17H2. The zero-order valence-corrected chi connectivity index (χ0v) is 10.9. The van der Waals surface area contributed by atoms with Crippen LogP contribution in [-0.2, 0) is 6.42 Å². The summed E-state index contributed by atoms with van der Waals surface area (Å²) in [5, 5.41) is 0.540. The molecule has 0 aliphatic rings. The minimum absolute atomic E-state index is 0.324. The largest absolute Gasteiger partial charge is 0.398 e. The van der Waals surface area contributed by atoms with E-state index in [9.17, 15) is 4.39 Å². The Balaban J connectivity index is 2.30. The van der Waals surface area contributed by atoms with Crippen molar-refractivity contribution in [2.45, 2.75) is 12.5 Å². The first-order valence-electron chi connectivity index (χ1n) is 5.71. The maximum Gasteiger partial charge on any atom is 0.123 e. The summed E-state index contributed by atoms with van der Waals surface area (Å²) in [6.45, 7) is 0. The number of benzene rings is 1. The Morgan fingerprint density at radius 2 is 2.16 bits per heavy atom. The Labute approximate surface area is 115 Å². The predicted octanol–water partition coefficient (Wildman–Crippen LogP) is 2.20. The number of rotatable bonds is 4. The van der Waals surface area contributed by atoms with Gasteiger partial charge in [0, 0.05) is 18.1 Å². The summed E-state index contributed by atoms with van der Waals surface area (Å²) in [6.07, 6.45) is 3.69. The number of nitrogens with zero attached hydrogens (tertiary/aromatic N) is 1. The number of hydrazine groups is 1. The molecule has 0 spiro atoms. The first-order valence-corrected chi connectivity index (χ1v) is 6.09. The summed E-state index contributed by atoms with van der Waals surface area (Å²) in [7, 11) is 0. The molecule has 1 aromatic carbocycles. The summed E-state index contributed by atoms with van der Waals surface area (Å²) in [6, 6.07) is 5.67. The molecule has 2 rings (SSSR count). The maximum absolute atomic E-state index is 13.3. The van der Waals surface area contributed by atoms with E-state index >= 15 is 0 Å². The van der Waals surface area contributed by atoms with Gasteiger partial charge in [0.25, 0.3) is 0 Å². The quantitative estimate of drug-likeness (QED) is 0.456. The predicted molar refractivity (Wildman–Crippen MR) is 73.8 cm³/mol. The van der Waals surface area contributed by atoms with Gasteiger partial charge in [-0.1, -0.05) is 11.6 Å². The summed E-state index contributed by atoms with van der Waals surface area (Å²) in [4.78, 5) is 3.91. The van der Waals surface area contributed by atoms with Crippen LogP contribution in [-0.4, -0.2) is 4.98 Å². The number of pyridine rings is 1. The Hall–Kier alpha value is -1.69. The highest BCUT2D eigenvalue weighted by molar-refractivity contribution is 6.31. The number of nitrogens with two attached hydrogens (primary N) is 2. The van der Waals surface area contributed by atoms with Gasteiger partial charge in [0.2, 0.25) is 0 Å². The molecule has 4 nitrogen and oxygen atoms in total. The van der Waals surface area contributed by atoms with Gasteiger partial charge < -0.3 is 5.73 Å². The molecular formula is C13H14ClFN4. The van der Waals surface area contributed by atoms with Crippen molar-refractivity contribution >= 4 is 17.3 Å². The monoisotopic (exact) mass is 280 g/mol. The van der Waals surface area contributed by atoms with E-state index in [0.717, 1.165) is 5.56 Å². The minimum atomic E-state index is -0.356. The number of nitrogens with one attached hydrogen (secondary N) is 1. The van der Waals surface area contributed by atoms with E-state index < -0.39 is 0 Å². The highest BCUT2D eigenvalue weighted by atomic mass is 35.5. The van der Waals surface area contributed by atoms with E-state index in [4.69, 9.17) is 23.2 Å². The summed E-state index contributed by atoms with van der Waals surface area (Å²) >= 11 is 6.05. The second-order valence-electron chi connectivity index (χ2n) is 4.16. The smallest absolute Gasteiger partial charge is 0.123 e. The molecule has 2 aromatic rings. The van der Waals surface area contributed by atoms with Crippen LogP contribution in [0.4, 0.5) is 10.1 Å². The number of hydrogen-bond acceptors (Lipinski definition) is 4. The average Bonchev–Trinajstić information content (AvgIpc) is 2.41. The lowest BCUT2D eigenvalue weighted by molar-refractivity contribution is 0.546. The highest BCUT2D eigenvalue weighted by Gasteiger charge is 2.16. The molecule has 6 heteroatoms. The first kappa shape index (κ1) is 13.7. The SMILES string of the molecule is NNC(Cc1ccncc1Cl)c1cc(F)ccc1N. The van der Waals surface area contributed by atoms with Crippen LogP contribution in [0.3, 0.4) is 0 Å². The lowest BCUT2D eigenvalue weighted by atomic mass is 9.98. The van der Waals surface area contributed by atoms with Crippen LogP contribution in [0.25, 0.3) is 0 Å². The molecule has 0 bridgehead atoms. The van der Waals surface area contributed by atoms with Gasteiger partial charge in [0.05, 0.1) is 11.1 Å². The molecule has 19 heavy (non-hydrogen) atoms. The molecule has 1 aromatic heterocycles. The average molecular weight is 281 g/mol. The number of nitrogen functional groups attached to an aromatic ring is 1. The molecule has 0 amide bonds. The molecule has 1 heterocycles. The Bertz CT molecular complexity index is 576. The highest BCUT2D eigenvalue weighted by Crippen LogP contribution is 2.26. The van der Waals surface area contributed by atoms with Gasteiger partial charge in [-0.3, -0.25) is 16.3 Å². The number of hydrogen-bond donors (Lipinski definition) is 3. The Kier molecular flexibility index (Phi) is 4.31. The number of aromatic nitrogens is 1. The number of anilines is 1. The summed E-state index contributed by atoms with van der Waals surface area (Å²) in [5.41, 5.74) is 10.4. The van der Waals surface area contributed by atoms with E-state index in [2.05, 4.69) is 10.4 Å². The molecular weight excluding hydrogens is 267 g/mol. The van der Waals surface area contributed by atoms with E-state index in [1.807, 2.05) is 0 Å². The summed E-state index contributed by atoms with van der Waals surface area (Å²) in [5.74, 6) is 5.18. The van der Waals surface area contributed by atoms with Gasteiger partial charge in [-0.25, -0.2) is 4.39 Å². The van der Waals surface area contributed by atoms with Gasteiger partial charge in [0.1, 0.15) is 5.82 Å². The van der Waals surface area contributed by atoms with Gasteiger partial charge in [-0.05, 0) is 41.8 Å². The molecule has 5 N–H and O–H groups in total. The maximum atomic E-state index is 13.3. The molecule has 1 atom stereocenters. The van der Waals surface area contributed by atoms with E-state index in [0.29, 0.717) is 22.7 Å². The van der Waals surface area contributed by atoms with Crippen LogP contribution in [0.2, 0.25) is 5.02 Å². The molecule has 0 saturated heterocycles. The van der Waals surface area contributed by atoms with E-state index in [1.54, 1.807) is 18.5 Å². The van der Waals surface area contributed by atoms with Crippen LogP contribution in [0.5, 0.6) is 0 Å². The van der Waals surface area contributed by atoms with Crippen molar-refractivity contribution in [1.82, 2.24) is 10.4 Å². The molecule has 100 valence electrons. The molecule has 0 saturated carbocycles. The third-order valence-electron chi connectivity index (χ3n) is 2.91. The third kappa shape index (κ3) is 3.20. The van der Waals surface area contributed by atoms with Crippen LogP contribution >= 0.6 is 11.6 Å². The van der Waals surface area contributed by atoms with Gasteiger partial charge in [-0.2, -0.15) is 0 Å². The van der Waals surface area contributed by atoms with Crippen molar-refractivity contribution in [3.8, 4) is 0 Å². The lowest BCUT2D eigenvalue weighted by Gasteiger charge is -2.19. The fourth-order valence-electron chi connectivity index (χ4n) is 1.90. The normalized spacial score (nSPS) is 12.4. The van der Waals surface area contributed by atoms with Gasteiger partial charge in [0.15, 0.2) is 0 Å². The molecule has 0 aliphatic carbocycles. The van der Waals surface area contributed by atoms with E-state index in [1.165, 1.54) is 18.2 Å². The van der Waals surface area contributed by atoms with Crippen molar-refractivity contribution in [2.75, 3.05) is 5.73 Å². The molecule has 0 aliphatic heterocycles. The van der Waals surface area contributed by atoms with Crippen LogP contribution < -0.4 is 17.0 Å². The molecule has 0 radical (unpaired) electrons. The topological polar surface area (TPSA) is 77.0 Å². The number of halogens is 2. The second-order valence-corrected chi connectivity index (χ2v) is 4.57. The van der Waals surface area contributed by atoms with E-state index in [-0.39, 0.29) is 11.9 Å². The fourth-order valence-corrected chi connectivity index (χ4v) is 2.09. The van der Waals surface area contributed by atoms with Crippen molar-refractivity contribution in [1.29, 1.82) is 0 Å². The zero-order chi connectivity index (χ0) is 13.8. The van der Waals surface area contributed by atoms with Gasteiger partial charge >= 0.3 is 0 Å². The van der Waals surface area contributed by atoms with Crippen molar-refractivity contribution in [3.63, 3.8) is 0 Å². The minimum Gasteiger partial charge on any atom is -0.398 e. The van der Waals surface area contributed by atoms with Crippen LogP contribution in [0, 0.1) is 5.82 Å². The van der Waals surface area contributed by atoms with Crippen molar-refractivity contribution in [2.24, 2.45) is 5.84 Å². The Morgan fingerprint density at radius 3 is 2.84 bits per heavy atom. The third-order valence-corrected chi connectivity index (χ3v) is 3.25. The van der Waals surface area contributed by atoms with Crippen molar-refractivity contribution < 1.29 is 4.39 Å². The lowest BCUT2D eigenvalue weighted by Crippen LogP contribution is -2.30.